The number of anilines is 4. The number of benzene rings is 9. The van der Waals surface area contributed by atoms with Gasteiger partial charge < -0.3 is 0 Å². The van der Waals surface area contributed by atoms with Crippen LogP contribution in [0, 0.1) is 15.9 Å². The Labute approximate surface area is 409 Å². The molecular formula is C60H36BN5OPt-2. The van der Waals surface area contributed by atoms with Crippen LogP contribution >= 0.6 is 0 Å². The van der Waals surface area contributed by atoms with Crippen LogP contribution in [-0.4, -0.2) is 21.1 Å². The zero-order valence-electron chi connectivity index (χ0n) is 39.1. The first-order valence-corrected chi connectivity index (χ1v) is 23.6. The molecule has 0 amide bonds. The predicted octanol–water partition coefficient (Wildman–Crippen LogP) is 13.9. The average Bonchev–Trinajstić information content (AvgIpc) is 3.94. The Morgan fingerprint density at radius 1 is 0.529 bits per heavy atom. The van der Waals surface area contributed by atoms with Crippen molar-refractivity contribution in [2.45, 2.75) is 0 Å². The third-order valence-electron chi connectivity index (χ3n) is 13.3. The van der Waals surface area contributed by atoms with Crippen molar-refractivity contribution >= 4 is 46.4 Å². The van der Waals surface area contributed by atoms with E-state index < -0.39 is 0 Å². The van der Waals surface area contributed by atoms with Gasteiger partial charge in [0.15, 0.2) is 0 Å². The second-order valence-corrected chi connectivity index (χ2v) is 18.0. The van der Waals surface area contributed by atoms with E-state index in [1.807, 2.05) is 59.2 Å². The number of hydrogen-bond donors (Lipinski definition) is 0. The number of aromatic nitrogens is 3. The molecule has 0 saturated carbocycles. The fourth-order valence-electron chi connectivity index (χ4n) is 10.5. The van der Waals surface area contributed by atoms with Crippen molar-refractivity contribution in [3.8, 4) is 78.6 Å². The van der Waals surface area contributed by atoms with Gasteiger partial charge in [0, 0.05) is 11.3 Å². The van der Waals surface area contributed by atoms with Crippen molar-refractivity contribution in [1.29, 1.82) is 0 Å². The number of imidazole rings is 1. The molecule has 0 atom stereocenters. The van der Waals surface area contributed by atoms with Crippen LogP contribution in [-0.2, 0) is 19.4 Å². The summed E-state index contributed by atoms with van der Waals surface area (Å²) in [4.78, 5) is 9.86. The molecule has 0 fully saturated rings. The Balaban J connectivity index is 0.929. The van der Waals surface area contributed by atoms with Gasteiger partial charge in [0.05, 0.1) is 0 Å². The molecule has 3 aliphatic rings. The molecule has 2 aromatic heterocycles. The molecule has 68 heavy (non-hydrogen) atoms. The van der Waals surface area contributed by atoms with Crippen molar-refractivity contribution < 1.29 is 28.2 Å². The van der Waals surface area contributed by atoms with Gasteiger partial charge in [-0.05, 0) is 11.6 Å². The third kappa shape index (κ3) is 5.89. The minimum atomic E-state index is -0.281. The molecule has 0 spiro atoms. The van der Waals surface area contributed by atoms with Crippen LogP contribution in [0.3, 0.4) is 0 Å². The quantitative estimate of drug-likeness (QED) is 0.118. The number of nitrogens with zero attached hydrogens (tertiary/aromatic N) is 5. The number of fused-ring (bicyclic) bond motifs is 10. The number of para-hydroxylation sites is 5. The van der Waals surface area contributed by atoms with E-state index in [0.29, 0.717) is 5.82 Å². The van der Waals surface area contributed by atoms with Crippen LogP contribution in [0.25, 0.3) is 78.0 Å². The van der Waals surface area contributed by atoms with E-state index in [1.165, 1.54) is 16.6 Å². The molecule has 0 radical (unpaired) electrons. The van der Waals surface area contributed by atoms with Crippen LogP contribution < -0.4 is 19.8 Å². The molecule has 3 aliphatic heterocycles. The van der Waals surface area contributed by atoms with Gasteiger partial charge in [-0.2, -0.15) is 12.1 Å². The van der Waals surface area contributed by atoms with E-state index in [0.717, 1.165) is 82.1 Å². The molecule has 6 nitrogen and oxygen atoms in total. The maximum atomic E-state index is 9.47. The van der Waals surface area contributed by atoms with Gasteiger partial charge in [-0.1, -0.05) is 30.3 Å². The van der Waals surface area contributed by atoms with Crippen molar-refractivity contribution in [3.05, 3.63) is 234 Å². The minimum absolute atomic E-state index is 0.00273. The summed E-state index contributed by atoms with van der Waals surface area (Å²) < 4.78 is 39.5. The van der Waals surface area contributed by atoms with Crippen LogP contribution in [0.1, 0.15) is 4.11 Å². The van der Waals surface area contributed by atoms with Gasteiger partial charge in [-0.15, -0.1) is 6.07 Å². The monoisotopic (exact) mass is 1050 g/mol. The Hall–Kier alpha value is -8.25. The van der Waals surface area contributed by atoms with Gasteiger partial charge >= 0.3 is 340 Å². The van der Waals surface area contributed by atoms with Gasteiger partial charge in [0.2, 0.25) is 0 Å². The predicted molar refractivity (Wildman–Crippen MR) is 271 cm³/mol. The summed E-state index contributed by atoms with van der Waals surface area (Å²) in [7, 11) is 0. The third-order valence-corrected chi connectivity index (χ3v) is 14.4. The maximum absolute atomic E-state index is 9.47. The summed E-state index contributed by atoms with van der Waals surface area (Å²) in [6.07, 6.45) is 0. The summed E-state index contributed by atoms with van der Waals surface area (Å²) in [5, 5.41) is 0. The summed E-state index contributed by atoms with van der Waals surface area (Å²) in [5.41, 5.74) is 18.0. The molecule has 8 heteroatoms. The number of hydrogen-bond acceptors (Lipinski definition) is 4. The van der Waals surface area contributed by atoms with Gasteiger partial charge in [-0.3, -0.25) is 0 Å². The molecular weight excluding hydrogens is 1010 g/mol. The van der Waals surface area contributed by atoms with E-state index in [2.05, 4.69) is 191 Å². The van der Waals surface area contributed by atoms with E-state index in [-0.39, 0.29) is 42.4 Å². The van der Waals surface area contributed by atoms with Gasteiger partial charge in [0.25, 0.3) is 0 Å². The zero-order chi connectivity index (χ0) is 47.5. The molecule has 5 heterocycles. The van der Waals surface area contributed by atoms with Crippen LogP contribution in [0.15, 0.2) is 218 Å². The van der Waals surface area contributed by atoms with E-state index in [1.54, 1.807) is 0 Å². The molecule has 9 aromatic carbocycles. The second kappa shape index (κ2) is 15.4. The van der Waals surface area contributed by atoms with Crippen LogP contribution in [0.5, 0.6) is 11.6 Å². The first kappa shape index (κ1) is 35.9. The number of ether oxygens (including phenoxy) is 1. The van der Waals surface area contributed by atoms with E-state index in [4.69, 9.17) is 9.72 Å². The summed E-state index contributed by atoms with van der Waals surface area (Å²) in [6, 6.07) is 75.2. The molecule has 0 N–H and O–H groups in total. The SMILES string of the molecule is [2H]c1c(Oc2ccc3c(n2)N2B4c5c(cccc5-3)-c3ccccc3N4c3ccc[c-]c32)[c-]c(-n2[c](=[Pt])n(-c3c(-c4ccccc4)cccc3-c3cccc(-c4ccccc4)c3)c3ccccc32)c([2H])c1[2H]. The molecule has 0 unspecified atom stereocenters. The zero-order valence-corrected chi connectivity index (χ0v) is 38.4. The normalized spacial score (nSPS) is 13.3. The Kier molecular flexibility index (Phi) is 8.15. The van der Waals surface area contributed by atoms with E-state index in [9.17, 15) is 4.11 Å². The molecule has 14 rings (SSSR count). The standard InChI is InChI=1S/C60H36BN5O.Pt/c1-3-17-40(18-4-1)42-21-13-22-43(37-42)47-27-15-26-46(41-19-5-2-6-20-41)59(47)64-39-63(53-31-9-10-32-54(53)64)44-23-14-24-45(38-44)67-57-36-35-51-50-29-16-28-49-48-25-7-8-30-52(48)65-55-33-11-12-34-56(55)66(60(51)62-57)61(65)58(49)50;/h1-33,35-37H;/q-2;/i14D,23D,24D;. The fraction of sp³-hybridized carbons (Fsp3) is 0. The first-order chi connectivity index (χ1) is 34.9. The van der Waals surface area contributed by atoms with Gasteiger partial charge in [0.1, 0.15) is 0 Å². The molecule has 11 aromatic rings. The van der Waals surface area contributed by atoms with Crippen molar-refractivity contribution in [3.63, 3.8) is 0 Å². The average molecular weight is 1050 g/mol. The van der Waals surface area contributed by atoms with Gasteiger partial charge in [-0.25, -0.2) is 0 Å². The topological polar surface area (TPSA) is 38.5 Å². The first-order valence-electron chi connectivity index (χ1n) is 24.0. The molecule has 322 valence electrons. The second-order valence-electron chi connectivity index (χ2n) is 17.0. The molecule has 0 aliphatic carbocycles. The molecule has 0 bridgehead atoms. The van der Waals surface area contributed by atoms with Crippen molar-refractivity contribution in [2.75, 3.05) is 9.62 Å². The Bertz CT molecular complexity index is 4090. The molecule has 0 saturated heterocycles. The summed E-state index contributed by atoms with van der Waals surface area (Å²) >= 11 is 2.33. The van der Waals surface area contributed by atoms with Crippen molar-refractivity contribution in [1.82, 2.24) is 14.1 Å². The number of pyridine rings is 1. The van der Waals surface area contributed by atoms with E-state index >= 15 is 0 Å². The van der Waals surface area contributed by atoms with Crippen molar-refractivity contribution in [2.24, 2.45) is 0 Å². The van der Waals surface area contributed by atoms with Crippen LogP contribution in [0.4, 0.5) is 22.9 Å². The Morgan fingerprint density at radius 2 is 1.16 bits per heavy atom. The Morgan fingerprint density at radius 3 is 1.99 bits per heavy atom. The number of rotatable bonds is 7. The van der Waals surface area contributed by atoms with Crippen LogP contribution in [0.2, 0.25) is 0 Å². The fourth-order valence-corrected chi connectivity index (χ4v) is 11.6. The summed E-state index contributed by atoms with van der Waals surface area (Å²) in [6.45, 7) is -0.205. The summed E-state index contributed by atoms with van der Waals surface area (Å²) in [5.74, 6) is 0.939.